The summed E-state index contributed by atoms with van der Waals surface area (Å²) >= 11 is 0. The van der Waals surface area contributed by atoms with Gasteiger partial charge in [-0.2, -0.15) is 4.31 Å². The Morgan fingerprint density at radius 1 is 1.11 bits per heavy atom. The molecule has 0 fully saturated rings. The van der Waals surface area contributed by atoms with Gasteiger partial charge in [-0.1, -0.05) is 61.5 Å². The van der Waals surface area contributed by atoms with E-state index in [1.165, 1.54) is 0 Å². The van der Waals surface area contributed by atoms with Gasteiger partial charge in [0.25, 0.3) is 0 Å². The van der Waals surface area contributed by atoms with Crippen LogP contribution in [0.3, 0.4) is 0 Å². The molecule has 2 unspecified atom stereocenters. The van der Waals surface area contributed by atoms with Gasteiger partial charge < -0.3 is 5.11 Å². The molecule has 198 valence electrons. The van der Waals surface area contributed by atoms with Gasteiger partial charge in [0, 0.05) is 26.1 Å². The largest absolute Gasteiger partial charge is 0.481 e. The van der Waals surface area contributed by atoms with Crippen molar-refractivity contribution in [2.45, 2.75) is 56.9 Å². The van der Waals surface area contributed by atoms with Crippen molar-refractivity contribution in [3.8, 4) is 0 Å². The van der Waals surface area contributed by atoms with Gasteiger partial charge in [0.05, 0.1) is 16.8 Å². The van der Waals surface area contributed by atoms with Crippen molar-refractivity contribution in [1.29, 1.82) is 0 Å². The van der Waals surface area contributed by atoms with Crippen molar-refractivity contribution in [3.63, 3.8) is 0 Å². The fourth-order valence-corrected chi connectivity index (χ4v) is 7.39. The molecule has 0 bridgehead atoms. The number of benzene rings is 3. The molecule has 0 amide bonds. The van der Waals surface area contributed by atoms with Gasteiger partial charge in [0.15, 0.2) is 0 Å². The standard InChI is InChI=1S/C29H32N4O4S/c1-5-20-12-22(14-26-29(20)32(4)31-30-26)25(15-28(34)35)21-11-10-18(2)23(13-21)17-33-16-19(3)24-8-6-7-9-27(24)38(33,36)37/h6-14,19,25H,5,15-17H2,1-4H3,(H,34,35). The number of carboxylic acids is 1. The minimum absolute atomic E-state index is 0.0733. The number of rotatable bonds is 7. The molecule has 1 aliphatic rings. The second kappa shape index (κ2) is 9.96. The van der Waals surface area contributed by atoms with Crippen LogP contribution in [0.25, 0.3) is 11.0 Å². The van der Waals surface area contributed by atoms with Crippen LogP contribution in [-0.4, -0.2) is 45.3 Å². The molecular formula is C29H32N4O4S. The minimum Gasteiger partial charge on any atom is -0.481 e. The highest BCUT2D eigenvalue weighted by Crippen LogP contribution is 2.36. The Kier molecular flexibility index (Phi) is 6.83. The lowest BCUT2D eigenvalue weighted by Crippen LogP contribution is -2.38. The number of hydrogen-bond donors (Lipinski definition) is 1. The van der Waals surface area contributed by atoms with Crippen molar-refractivity contribution < 1.29 is 18.3 Å². The first-order chi connectivity index (χ1) is 18.1. The van der Waals surface area contributed by atoms with Gasteiger partial charge in [0.2, 0.25) is 10.0 Å². The summed E-state index contributed by atoms with van der Waals surface area (Å²) in [5.41, 5.74) is 7.10. The summed E-state index contributed by atoms with van der Waals surface area (Å²) in [4.78, 5) is 12.3. The van der Waals surface area contributed by atoms with E-state index in [2.05, 4.69) is 17.2 Å². The van der Waals surface area contributed by atoms with E-state index >= 15 is 0 Å². The number of hydrogen-bond acceptors (Lipinski definition) is 5. The third-order valence-electron chi connectivity index (χ3n) is 7.63. The first-order valence-electron chi connectivity index (χ1n) is 12.8. The van der Waals surface area contributed by atoms with Crippen molar-refractivity contribution in [2.24, 2.45) is 7.05 Å². The molecule has 1 aromatic heterocycles. The maximum Gasteiger partial charge on any atom is 0.304 e. The van der Waals surface area contributed by atoms with Gasteiger partial charge in [-0.15, -0.1) is 5.10 Å². The number of aryl methyl sites for hydroxylation is 3. The van der Waals surface area contributed by atoms with E-state index in [-0.39, 0.29) is 18.9 Å². The van der Waals surface area contributed by atoms with Crippen LogP contribution in [0.15, 0.2) is 59.5 Å². The average molecular weight is 533 g/mol. The van der Waals surface area contributed by atoms with Crippen LogP contribution < -0.4 is 0 Å². The summed E-state index contributed by atoms with van der Waals surface area (Å²) in [6.07, 6.45) is 0.667. The number of fused-ring (bicyclic) bond motifs is 2. The molecule has 1 aliphatic heterocycles. The molecule has 1 N–H and O–H groups in total. The predicted molar refractivity (Wildman–Crippen MR) is 146 cm³/mol. The number of nitrogens with zero attached hydrogens (tertiary/aromatic N) is 4. The number of aromatic nitrogens is 3. The second-order valence-corrected chi connectivity index (χ2v) is 12.1. The highest BCUT2D eigenvalue weighted by Gasteiger charge is 2.35. The van der Waals surface area contributed by atoms with E-state index < -0.39 is 21.9 Å². The maximum atomic E-state index is 13.5. The maximum absolute atomic E-state index is 13.5. The Labute approximate surface area is 223 Å². The van der Waals surface area contributed by atoms with Crippen molar-refractivity contribution in [1.82, 2.24) is 19.3 Å². The Morgan fingerprint density at radius 2 is 1.84 bits per heavy atom. The molecule has 0 saturated heterocycles. The molecule has 3 aromatic carbocycles. The number of aliphatic carboxylic acids is 1. The average Bonchev–Trinajstić information content (AvgIpc) is 3.27. The zero-order valence-corrected chi connectivity index (χ0v) is 22.9. The Balaban J connectivity index is 1.55. The zero-order chi connectivity index (χ0) is 27.2. The van der Waals surface area contributed by atoms with Gasteiger partial charge in [-0.3, -0.25) is 4.79 Å². The highest BCUT2D eigenvalue weighted by molar-refractivity contribution is 7.89. The minimum atomic E-state index is -3.64. The molecule has 0 aliphatic carbocycles. The first-order valence-corrected chi connectivity index (χ1v) is 14.3. The third-order valence-corrected chi connectivity index (χ3v) is 9.52. The Morgan fingerprint density at radius 3 is 2.58 bits per heavy atom. The van der Waals surface area contributed by atoms with Crippen LogP contribution in [0.2, 0.25) is 0 Å². The number of sulfonamides is 1. The van der Waals surface area contributed by atoms with E-state index in [4.69, 9.17) is 0 Å². The van der Waals surface area contributed by atoms with Crippen LogP contribution in [0.4, 0.5) is 0 Å². The van der Waals surface area contributed by atoms with Crippen molar-refractivity contribution in [3.05, 3.63) is 88.0 Å². The van der Waals surface area contributed by atoms with E-state index in [0.717, 1.165) is 50.8 Å². The molecule has 0 saturated carbocycles. The molecule has 38 heavy (non-hydrogen) atoms. The zero-order valence-electron chi connectivity index (χ0n) is 22.0. The molecule has 2 heterocycles. The summed E-state index contributed by atoms with van der Waals surface area (Å²) in [6.45, 7) is 6.68. The fraction of sp³-hybridized carbons (Fsp3) is 0.345. The third kappa shape index (κ3) is 4.61. The number of carbonyl (C=O) groups is 1. The van der Waals surface area contributed by atoms with Gasteiger partial charge in [-0.25, -0.2) is 13.1 Å². The summed E-state index contributed by atoms with van der Waals surface area (Å²) < 4.78 is 30.2. The lowest BCUT2D eigenvalue weighted by atomic mass is 9.85. The molecule has 9 heteroatoms. The summed E-state index contributed by atoms with van der Waals surface area (Å²) in [6, 6.07) is 17.0. The van der Waals surface area contributed by atoms with Gasteiger partial charge >= 0.3 is 5.97 Å². The molecule has 0 spiro atoms. The van der Waals surface area contributed by atoms with Crippen LogP contribution in [-0.2, 0) is 34.8 Å². The normalized spacial score (nSPS) is 17.8. The van der Waals surface area contributed by atoms with Crippen LogP contribution in [0.1, 0.15) is 65.5 Å². The SMILES string of the molecule is CCc1cc(C(CC(=O)O)c2ccc(C)c(CN3CC(C)c4ccccc4S3(=O)=O)c2)cc2nnn(C)c12. The van der Waals surface area contributed by atoms with E-state index in [1.807, 2.05) is 63.4 Å². The van der Waals surface area contributed by atoms with Gasteiger partial charge in [-0.05, 0) is 64.8 Å². The van der Waals surface area contributed by atoms with Gasteiger partial charge in [0.1, 0.15) is 5.52 Å². The first kappa shape index (κ1) is 26.1. The smallest absolute Gasteiger partial charge is 0.304 e. The molecular weight excluding hydrogens is 500 g/mol. The van der Waals surface area contributed by atoms with Crippen LogP contribution in [0.5, 0.6) is 0 Å². The lowest BCUT2D eigenvalue weighted by Gasteiger charge is -2.33. The molecule has 4 aromatic rings. The molecule has 8 nitrogen and oxygen atoms in total. The number of carboxylic acid groups (broad SMARTS) is 1. The molecule has 0 radical (unpaired) electrons. The monoisotopic (exact) mass is 532 g/mol. The van der Waals surface area contributed by atoms with E-state index in [0.29, 0.717) is 11.4 Å². The quantitative estimate of drug-likeness (QED) is 0.368. The topological polar surface area (TPSA) is 105 Å². The van der Waals surface area contributed by atoms with E-state index in [1.54, 1.807) is 21.1 Å². The molecule has 5 rings (SSSR count). The Hall–Kier alpha value is -3.56. The lowest BCUT2D eigenvalue weighted by molar-refractivity contribution is -0.137. The second-order valence-electron chi connectivity index (χ2n) is 10.2. The predicted octanol–water partition coefficient (Wildman–Crippen LogP) is 4.75. The van der Waals surface area contributed by atoms with Crippen LogP contribution in [0, 0.1) is 6.92 Å². The molecule has 2 atom stereocenters. The van der Waals surface area contributed by atoms with Crippen LogP contribution >= 0.6 is 0 Å². The summed E-state index contributed by atoms with van der Waals surface area (Å²) in [5.74, 6) is -1.25. The highest BCUT2D eigenvalue weighted by atomic mass is 32.2. The van der Waals surface area contributed by atoms with Crippen molar-refractivity contribution in [2.75, 3.05) is 6.54 Å². The van der Waals surface area contributed by atoms with Crippen molar-refractivity contribution >= 4 is 27.0 Å². The fourth-order valence-electron chi connectivity index (χ4n) is 5.57. The Bertz CT molecular complexity index is 1640. The van der Waals surface area contributed by atoms with E-state index in [9.17, 15) is 18.3 Å². The summed E-state index contributed by atoms with van der Waals surface area (Å²) in [5, 5.41) is 18.2. The summed E-state index contributed by atoms with van der Waals surface area (Å²) in [7, 11) is -1.79.